The molecule has 1 aliphatic rings. The molecule has 0 heterocycles. The summed E-state index contributed by atoms with van der Waals surface area (Å²) < 4.78 is 12.9. The molecule has 2 rings (SSSR count). The number of halogens is 1. The van der Waals surface area contributed by atoms with E-state index in [1.165, 1.54) is 18.4 Å². The summed E-state index contributed by atoms with van der Waals surface area (Å²) in [6.07, 6.45) is 4.82. The van der Waals surface area contributed by atoms with Crippen molar-refractivity contribution >= 4 is 0 Å². The Morgan fingerprint density at radius 1 is 1.29 bits per heavy atom. The molecular weight excluding hydrogens is 213 g/mol. The van der Waals surface area contributed by atoms with Crippen molar-refractivity contribution in [2.24, 2.45) is 5.41 Å². The van der Waals surface area contributed by atoms with E-state index in [4.69, 9.17) is 0 Å². The van der Waals surface area contributed by atoms with Crippen molar-refractivity contribution in [2.45, 2.75) is 45.6 Å². The minimum atomic E-state index is -0.150. The van der Waals surface area contributed by atoms with Crippen molar-refractivity contribution in [3.05, 3.63) is 35.6 Å². The molecule has 2 heteroatoms. The number of rotatable bonds is 6. The summed E-state index contributed by atoms with van der Waals surface area (Å²) in [6.45, 7) is 5.61. The molecular formula is C15H22FN. The Labute approximate surface area is 103 Å². The monoisotopic (exact) mass is 235 g/mol. The molecule has 0 aliphatic heterocycles. The van der Waals surface area contributed by atoms with Gasteiger partial charge in [-0.3, -0.25) is 0 Å². The van der Waals surface area contributed by atoms with Gasteiger partial charge in [0.25, 0.3) is 0 Å². The van der Waals surface area contributed by atoms with Gasteiger partial charge in [0, 0.05) is 12.6 Å². The third kappa shape index (κ3) is 3.81. The van der Waals surface area contributed by atoms with E-state index in [-0.39, 0.29) is 11.2 Å². The molecule has 0 saturated heterocycles. The highest BCUT2D eigenvalue weighted by atomic mass is 19.1. The van der Waals surface area contributed by atoms with Crippen LogP contribution in [0.15, 0.2) is 24.3 Å². The Morgan fingerprint density at radius 2 is 1.94 bits per heavy atom. The van der Waals surface area contributed by atoms with Crippen LogP contribution in [0.3, 0.4) is 0 Å². The number of hydrogen-bond acceptors (Lipinski definition) is 1. The van der Waals surface area contributed by atoms with Gasteiger partial charge >= 0.3 is 0 Å². The van der Waals surface area contributed by atoms with Crippen molar-refractivity contribution in [3.63, 3.8) is 0 Å². The van der Waals surface area contributed by atoms with Gasteiger partial charge in [0.05, 0.1) is 0 Å². The van der Waals surface area contributed by atoms with Gasteiger partial charge in [-0.25, -0.2) is 4.39 Å². The molecule has 1 nitrogen and oxygen atoms in total. The maximum absolute atomic E-state index is 12.9. The fourth-order valence-corrected chi connectivity index (χ4v) is 2.09. The predicted octanol–water partition coefficient (Wildman–Crippen LogP) is 3.54. The smallest absolute Gasteiger partial charge is 0.123 e. The van der Waals surface area contributed by atoms with Crippen molar-refractivity contribution in [3.8, 4) is 0 Å². The molecule has 1 aliphatic carbocycles. The normalized spacial score (nSPS) is 19.0. The van der Waals surface area contributed by atoms with E-state index in [0.717, 1.165) is 25.4 Å². The van der Waals surface area contributed by atoms with Gasteiger partial charge in [-0.2, -0.15) is 0 Å². The highest BCUT2D eigenvalue weighted by Gasteiger charge is 2.27. The molecule has 0 aromatic heterocycles. The van der Waals surface area contributed by atoms with Crippen LogP contribution in [0.5, 0.6) is 0 Å². The SMILES string of the molecule is CCC(C)(CNC1CC1)Cc1ccc(F)cc1. The van der Waals surface area contributed by atoms with E-state index in [2.05, 4.69) is 19.2 Å². The summed E-state index contributed by atoms with van der Waals surface area (Å²) >= 11 is 0. The molecule has 0 spiro atoms. The van der Waals surface area contributed by atoms with E-state index in [1.54, 1.807) is 12.1 Å². The molecule has 1 atom stereocenters. The van der Waals surface area contributed by atoms with Crippen molar-refractivity contribution in [1.82, 2.24) is 5.32 Å². The fraction of sp³-hybridized carbons (Fsp3) is 0.600. The van der Waals surface area contributed by atoms with Gasteiger partial charge < -0.3 is 5.32 Å². The van der Waals surface area contributed by atoms with Gasteiger partial charge in [0.2, 0.25) is 0 Å². The molecule has 0 bridgehead atoms. The second-order valence-corrected chi connectivity index (χ2v) is 5.62. The van der Waals surface area contributed by atoms with Crippen LogP contribution in [0.4, 0.5) is 4.39 Å². The van der Waals surface area contributed by atoms with Crippen LogP contribution in [0.1, 0.15) is 38.7 Å². The Bertz CT molecular complexity index is 356. The van der Waals surface area contributed by atoms with Crippen LogP contribution in [0.2, 0.25) is 0 Å². The molecule has 1 aromatic carbocycles. The van der Waals surface area contributed by atoms with E-state index < -0.39 is 0 Å². The molecule has 1 saturated carbocycles. The molecule has 1 N–H and O–H groups in total. The van der Waals surface area contributed by atoms with Crippen LogP contribution < -0.4 is 5.32 Å². The van der Waals surface area contributed by atoms with Crippen LogP contribution in [-0.2, 0) is 6.42 Å². The molecule has 1 aromatic rings. The Hall–Kier alpha value is -0.890. The molecule has 1 unspecified atom stereocenters. The van der Waals surface area contributed by atoms with Crippen LogP contribution in [0.25, 0.3) is 0 Å². The van der Waals surface area contributed by atoms with Crippen molar-refractivity contribution in [2.75, 3.05) is 6.54 Å². The minimum Gasteiger partial charge on any atom is -0.313 e. The largest absolute Gasteiger partial charge is 0.313 e. The lowest BCUT2D eigenvalue weighted by molar-refractivity contribution is 0.289. The molecule has 17 heavy (non-hydrogen) atoms. The molecule has 0 amide bonds. The van der Waals surface area contributed by atoms with Gasteiger partial charge in [0.15, 0.2) is 0 Å². The lowest BCUT2D eigenvalue weighted by Gasteiger charge is -2.29. The number of nitrogens with one attached hydrogen (secondary N) is 1. The van der Waals surface area contributed by atoms with Gasteiger partial charge in [-0.15, -0.1) is 0 Å². The molecule has 1 fully saturated rings. The zero-order valence-electron chi connectivity index (χ0n) is 10.8. The average Bonchev–Trinajstić information content (AvgIpc) is 3.14. The van der Waals surface area contributed by atoms with E-state index in [0.29, 0.717) is 0 Å². The van der Waals surface area contributed by atoms with Crippen molar-refractivity contribution in [1.29, 1.82) is 0 Å². The second-order valence-electron chi connectivity index (χ2n) is 5.62. The van der Waals surface area contributed by atoms with Crippen LogP contribution >= 0.6 is 0 Å². The standard InChI is InChI=1S/C15H22FN/c1-3-15(2,11-17-14-8-9-14)10-12-4-6-13(16)7-5-12/h4-7,14,17H,3,8-11H2,1-2H3. The van der Waals surface area contributed by atoms with Gasteiger partial charge in [0.1, 0.15) is 5.82 Å². The Morgan fingerprint density at radius 3 is 2.47 bits per heavy atom. The summed E-state index contributed by atoms with van der Waals surface area (Å²) in [5, 5.41) is 3.61. The fourth-order valence-electron chi connectivity index (χ4n) is 2.09. The second kappa shape index (κ2) is 5.18. The quantitative estimate of drug-likeness (QED) is 0.795. The van der Waals surface area contributed by atoms with E-state index >= 15 is 0 Å². The first kappa shape index (κ1) is 12.6. The minimum absolute atomic E-state index is 0.150. The summed E-state index contributed by atoms with van der Waals surface area (Å²) in [5.41, 5.74) is 1.51. The maximum Gasteiger partial charge on any atom is 0.123 e. The Kier molecular flexibility index (Phi) is 3.82. The van der Waals surface area contributed by atoms with Crippen LogP contribution in [-0.4, -0.2) is 12.6 Å². The first-order valence-electron chi connectivity index (χ1n) is 6.59. The first-order valence-corrected chi connectivity index (χ1v) is 6.59. The van der Waals surface area contributed by atoms with Gasteiger partial charge in [-0.1, -0.05) is 26.0 Å². The third-order valence-corrected chi connectivity index (χ3v) is 3.79. The Balaban J connectivity index is 1.94. The average molecular weight is 235 g/mol. The maximum atomic E-state index is 12.9. The van der Waals surface area contributed by atoms with E-state index in [1.807, 2.05) is 12.1 Å². The highest BCUT2D eigenvalue weighted by molar-refractivity contribution is 5.17. The zero-order valence-corrected chi connectivity index (χ0v) is 10.8. The third-order valence-electron chi connectivity index (χ3n) is 3.79. The zero-order chi connectivity index (χ0) is 12.3. The summed E-state index contributed by atoms with van der Waals surface area (Å²) in [7, 11) is 0. The van der Waals surface area contributed by atoms with Gasteiger partial charge in [-0.05, 0) is 48.8 Å². The number of hydrogen-bond donors (Lipinski definition) is 1. The predicted molar refractivity (Wildman–Crippen MR) is 69.5 cm³/mol. The summed E-state index contributed by atoms with van der Waals surface area (Å²) in [5.74, 6) is -0.150. The molecule has 94 valence electrons. The lowest BCUT2D eigenvalue weighted by Crippen LogP contribution is -2.34. The van der Waals surface area contributed by atoms with Crippen LogP contribution in [0, 0.1) is 11.2 Å². The van der Waals surface area contributed by atoms with E-state index in [9.17, 15) is 4.39 Å². The summed E-state index contributed by atoms with van der Waals surface area (Å²) in [4.78, 5) is 0. The highest BCUT2D eigenvalue weighted by Crippen LogP contribution is 2.28. The van der Waals surface area contributed by atoms with Crippen molar-refractivity contribution < 1.29 is 4.39 Å². The summed E-state index contributed by atoms with van der Waals surface area (Å²) in [6, 6.07) is 7.68. The topological polar surface area (TPSA) is 12.0 Å². The first-order chi connectivity index (χ1) is 8.11. The lowest BCUT2D eigenvalue weighted by atomic mass is 9.81. The molecule has 0 radical (unpaired) electrons. The number of benzene rings is 1.